The van der Waals surface area contributed by atoms with Gasteiger partial charge >= 0.3 is 0 Å². The number of hydrazine groups is 1. The molecule has 120 valence electrons. The van der Waals surface area contributed by atoms with E-state index in [1.165, 1.54) is 0 Å². The number of aromatic nitrogens is 1. The second-order valence-electron chi connectivity index (χ2n) is 5.47. The zero-order valence-electron chi connectivity index (χ0n) is 13.0. The second kappa shape index (κ2) is 7.21. The van der Waals surface area contributed by atoms with Crippen LogP contribution in [0.15, 0.2) is 48.8 Å². The molecule has 1 aromatic carbocycles. The fraction of sp³-hybridized carbons (Fsp3) is 0.294. The van der Waals surface area contributed by atoms with Crippen LogP contribution in [0.4, 0.5) is 0 Å². The Hall–Kier alpha value is -2.44. The average molecular weight is 312 g/mol. The minimum Gasteiger partial charge on any atom is -0.497 e. The molecule has 0 bridgehead atoms. The van der Waals surface area contributed by atoms with Crippen LogP contribution in [-0.4, -0.2) is 24.5 Å². The Morgan fingerprint density at radius 2 is 2.30 bits per heavy atom. The van der Waals surface area contributed by atoms with Gasteiger partial charge in [0.15, 0.2) is 0 Å². The van der Waals surface area contributed by atoms with Crippen molar-refractivity contribution < 1.29 is 9.53 Å². The predicted octanol–water partition coefficient (Wildman–Crippen LogP) is 1.17. The van der Waals surface area contributed by atoms with E-state index < -0.39 is 0 Å². The van der Waals surface area contributed by atoms with Crippen LogP contribution in [-0.2, 0) is 11.3 Å². The molecule has 6 heteroatoms. The third-order valence-corrected chi connectivity index (χ3v) is 3.96. The summed E-state index contributed by atoms with van der Waals surface area (Å²) < 4.78 is 5.26. The minimum atomic E-state index is -0.182. The summed E-state index contributed by atoms with van der Waals surface area (Å²) in [5.74, 6) is 0.615. The number of rotatable bonds is 5. The number of carbonyl (C=O) groups is 1. The Labute approximate surface area is 135 Å². The molecule has 1 aliphatic rings. The van der Waals surface area contributed by atoms with E-state index in [-0.39, 0.29) is 17.9 Å². The van der Waals surface area contributed by atoms with Crippen LogP contribution in [0.3, 0.4) is 0 Å². The number of benzene rings is 1. The molecule has 0 saturated carbocycles. The lowest BCUT2D eigenvalue weighted by atomic mass is 9.94. The summed E-state index contributed by atoms with van der Waals surface area (Å²) >= 11 is 0. The summed E-state index contributed by atoms with van der Waals surface area (Å²) in [5.41, 5.74) is 8.26. The molecule has 1 aliphatic heterocycles. The molecule has 3 rings (SSSR count). The van der Waals surface area contributed by atoms with Crippen molar-refractivity contribution in [3.63, 3.8) is 0 Å². The van der Waals surface area contributed by atoms with Crippen molar-refractivity contribution in [2.24, 2.45) is 5.92 Å². The zero-order chi connectivity index (χ0) is 16.1. The Bertz CT molecular complexity index is 663. The predicted molar refractivity (Wildman–Crippen MR) is 86.4 cm³/mol. The van der Waals surface area contributed by atoms with Crippen LogP contribution >= 0.6 is 0 Å². The fourth-order valence-electron chi connectivity index (χ4n) is 2.71. The van der Waals surface area contributed by atoms with E-state index in [1.54, 1.807) is 19.5 Å². The molecule has 6 nitrogen and oxygen atoms in total. The summed E-state index contributed by atoms with van der Waals surface area (Å²) in [4.78, 5) is 16.6. The lowest BCUT2D eigenvalue weighted by Gasteiger charge is -2.19. The van der Waals surface area contributed by atoms with E-state index in [4.69, 9.17) is 4.74 Å². The smallest absolute Gasteiger partial charge is 0.226 e. The maximum absolute atomic E-state index is 12.5. The normalized spacial score (nSPS) is 20.2. The summed E-state index contributed by atoms with van der Waals surface area (Å²) in [6.07, 6.45) is 3.47. The second-order valence-corrected chi connectivity index (χ2v) is 5.47. The topological polar surface area (TPSA) is 75.3 Å². The first-order valence-corrected chi connectivity index (χ1v) is 7.57. The molecule has 2 aromatic rings. The molecule has 1 saturated heterocycles. The number of nitrogens with one attached hydrogen (secondary N) is 3. The van der Waals surface area contributed by atoms with Gasteiger partial charge in [-0.3, -0.25) is 15.2 Å². The van der Waals surface area contributed by atoms with Gasteiger partial charge in [-0.1, -0.05) is 18.2 Å². The van der Waals surface area contributed by atoms with Gasteiger partial charge in [0, 0.05) is 25.5 Å². The van der Waals surface area contributed by atoms with Crippen LogP contribution in [0.1, 0.15) is 17.2 Å². The minimum absolute atomic E-state index is 0.0131. The van der Waals surface area contributed by atoms with Crippen LogP contribution in [0.2, 0.25) is 0 Å². The van der Waals surface area contributed by atoms with E-state index in [0.29, 0.717) is 13.1 Å². The van der Waals surface area contributed by atoms with Crippen LogP contribution < -0.4 is 20.9 Å². The molecule has 2 unspecified atom stereocenters. The van der Waals surface area contributed by atoms with Gasteiger partial charge in [0.05, 0.1) is 19.1 Å². The number of methoxy groups -OCH3 is 1. The zero-order valence-corrected chi connectivity index (χ0v) is 13.0. The van der Waals surface area contributed by atoms with Gasteiger partial charge in [-0.25, -0.2) is 5.43 Å². The lowest BCUT2D eigenvalue weighted by Crippen LogP contribution is -2.34. The highest BCUT2D eigenvalue weighted by atomic mass is 16.5. The molecular weight excluding hydrogens is 292 g/mol. The Kier molecular flexibility index (Phi) is 4.85. The largest absolute Gasteiger partial charge is 0.497 e. The highest BCUT2D eigenvalue weighted by molar-refractivity contribution is 5.80. The first-order valence-electron chi connectivity index (χ1n) is 7.57. The molecule has 1 amide bonds. The van der Waals surface area contributed by atoms with Crippen LogP contribution in [0.25, 0.3) is 0 Å². The maximum atomic E-state index is 12.5. The molecule has 23 heavy (non-hydrogen) atoms. The number of hydrogen-bond donors (Lipinski definition) is 3. The number of hydrogen-bond acceptors (Lipinski definition) is 5. The molecule has 1 aromatic heterocycles. The van der Waals surface area contributed by atoms with Crippen LogP contribution in [0, 0.1) is 5.92 Å². The van der Waals surface area contributed by atoms with Crippen molar-refractivity contribution in [2.45, 2.75) is 12.6 Å². The number of pyridine rings is 1. The first-order chi connectivity index (χ1) is 11.3. The number of carbonyl (C=O) groups excluding carboxylic acids is 1. The van der Waals surface area contributed by atoms with Gasteiger partial charge in [0.2, 0.25) is 5.91 Å². The van der Waals surface area contributed by atoms with E-state index in [9.17, 15) is 4.79 Å². The maximum Gasteiger partial charge on any atom is 0.226 e. The third kappa shape index (κ3) is 3.67. The molecule has 0 radical (unpaired) electrons. The summed E-state index contributed by atoms with van der Waals surface area (Å²) in [6, 6.07) is 11.5. The molecule has 0 spiro atoms. The van der Waals surface area contributed by atoms with Crippen molar-refractivity contribution in [2.75, 3.05) is 13.7 Å². The molecule has 2 atom stereocenters. The molecule has 2 heterocycles. The SMILES string of the molecule is COc1cccc(C2NNCC2C(=O)NCc2cccnc2)c1. The van der Waals surface area contributed by atoms with Crippen molar-refractivity contribution >= 4 is 5.91 Å². The molecular formula is C17H20N4O2. The van der Waals surface area contributed by atoms with E-state index >= 15 is 0 Å². The number of amides is 1. The van der Waals surface area contributed by atoms with E-state index in [0.717, 1.165) is 16.9 Å². The van der Waals surface area contributed by atoms with Gasteiger partial charge in [-0.05, 0) is 29.3 Å². The van der Waals surface area contributed by atoms with E-state index in [2.05, 4.69) is 21.2 Å². The summed E-state index contributed by atoms with van der Waals surface area (Å²) in [6.45, 7) is 1.06. The van der Waals surface area contributed by atoms with Gasteiger partial charge in [0.1, 0.15) is 5.75 Å². The lowest BCUT2D eigenvalue weighted by molar-refractivity contribution is -0.125. The monoisotopic (exact) mass is 312 g/mol. The number of nitrogens with zero attached hydrogens (tertiary/aromatic N) is 1. The van der Waals surface area contributed by atoms with E-state index in [1.807, 2.05) is 36.4 Å². The van der Waals surface area contributed by atoms with Crippen LogP contribution in [0.5, 0.6) is 5.75 Å². The standard InChI is InChI=1S/C17H20N4O2/c1-23-14-6-2-5-13(8-14)16-15(11-20-21-16)17(22)19-10-12-4-3-7-18-9-12/h2-9,15-16,20-21H,10-11H2,1H3,(H,19,22). The van der Waals surface area contributed by atoms with Gasteiger partial charge in [0.25, 0.3) is 0 Å². The highest BCUT2D eigenvalue weighted by Gasteiger charge is 2.33. The van der Waals surface area contributed by atoms with Crippen molar-refractivity contribution in [1.82, 2.24) is 21.2 Å². The first kappa shape index (κ1) is 15.5. The number of ether oxygens (including phenoxy) is 1. The summed E-state index contributed by atoms with van der Waals surface area (Å²) in [5, 5.41) is 2.98. The molecule has 1 fully saturated rings. The average Bonchev–Trinajstić information content (AvgIpc) is 3.10. The Balaban J connectivity index is 1.67. The van der Waals surface area contributed by atoms with Gasteiger partial charge in [-0.2, -0.15) is 0 Å². The van der Waals surface area contributed by atoms with Crippen molar-refractivity contribution in [3.8, 4) is 5.75 Å². The third-order valence-electron chi connectivity index (χ3n) is 3.96. The van der Waals surface area contributed by atoms with Crippen molar-refractivity contribution in [3.05, 3.63) is 59.9 Å². The highest BCUT2D eigenvalue weighted by Crippen LogP contribution is 2.27. The van der Waals surface area contributed by atoms with Gasteiger partial charge < -0.3 is 10.1 Å². The molecule has 3 N–H and O–H groups in total. The van der Waals surface area contributed by atoms with Gasteiger partial charge in [-0.15, -0.1) is 0 Å². The van der Waals surface area contributed by atoms with Crippen molar-refractivity contribution in [1.29, 1.82) is 0 Å². The summed E-state index contributed by atoms with van der Waals surface area (Å²) in [7, 11) is 1.64. The Morgan fingerprint density at radius 3 is 3.09 bits per heavy atom. The fourth-order valence-corrected chi connectivity index (χ4v) is 2.71. The Morgan fingerprint density at radius 1 is 1.39 bits per heavy atom. The quantitative estimate of drug-likeness (QED) is 0.773. The molecule has 0 aliphatic carbocycles.